The van der Waals surface area contributed by atoms with Crippen LogP contribution in [0.3, 0.4) is 0 Å². The van der Waals surface area contributed by atoms with Crippen molar-refractivity contribution in [2.45, 2.75) is 31.1 Å². The summed E-state index contributed by atoms with van der Waals surface area (Å²) in [6, 6.07) is 5.04. The van der Waals surface area contributed by atoms with Gasteiger partial charge in [0, 0.05) is 32.1 Å². The first kappa shape index (κ1) is 19.2. The molecule has 2 heterocycles. The molecule has 1 amide bonds. The van der Waals surface area contributed by atoms with Gasteiger partial charge in [-0.15, -0.1) is 0 Å². The second-order valence-corrected chi connectivity index (χ2v) is 6.54. The number of nitrogens with zero attached hydrogens (tertiary/aromatic N) is 2. The van der Waals surface area contributed by atoms with Crippen molar-refractivity contribution in [1.82, 2.24) is 14.9 Å². The number of carbonyl (C=O) groups is 1. The first-order valence-corrected chi connectivity index (χ1v) is 8.91. The van der Waals surface area contributed by atoms with Gasteiger partial charge in [-0.3, -0.25) is 4.79 Å². The van der Waals surface area contributed by atoms with Gasteiger partial charge >= 0.3 is 0 Å². The summed E-state index contributed by atoms with van der Waals surface area (Å²) in [6.45, 7) is 0.416. The Morgan fingerprint density at radius 3 is 2.56 bits per heavy atom. The fourth-order valence-corrected chi connectivity index (χ4v) is 3.26. The van der Waals surface area contributed by atoms with Crippen LogP contribution in [0.25, 0.3) is 0 Å². The van der Waals surface area contributed by atoms with Crippen molar-refractivity contribution in [2.75, 3.05) is 20.8 Å². The van der Waals surface area contributed by atoms with Crippen LogP contribution >= 0.6 is 0 Å². The van der Waals surface area contributed by atoms with E-state index in [9.17, 15) is 4.79 Å². The summed E-state index contributed by atoms with van der Waals surface area (Å²) >= 11 is 0. The third-order valence-electron chi connectivity index (χ3n) is 4.77. The molecule has 1 saturated heterocycles. The van der Waals surface area contributed by atoms with Crippen LogP contribution in [0.2, 0.25) is 0 Å². The van der Waals surface area contributed by atoms with E-state index >= 15 is 0 Å². The summed E-state index contributed by atoms with van der Waals surface area (Å²) in [5.41, 5.74) is 6.46. The third-order valence-corrected chi connectivity index (χ3v) is 4.77. The zero-order valence-corrected chi connectivity index (χ0v) is 15.8. The Balaban J connectivity index is 1.91. The van der Waals surface area contributed by atoms with Gasteiger partial charge in [0.1, 0.15) is 29.5 Å². The number of hydrogen-bond donors (Lipinski definition) is 2. The van der Waals surface area contributed by atoms with Crippen molar-refractivity contribution in [2.24, 2.45) is 12.8 Å². The molecule has 27 heavy (non-hydrogen) atoms. The highest BCUT2D eigenvalue weighted by atomic mass is 16.5. The van der Waals surface area contributed by atoms with Gasteiger partial charge in [-0.05, 0) is 30.5 Å². The lowest BCUT2D eigenvalue weighted by molar-refractivity contribution is -0.132. The highest BCUT2D eigenvalue weighted by Crippen LogP contribution is 2.30. The zero-order chi connectivity index (χ0) is 19.4. The SMILES string of the molecule is COc1cc(OC)cc(C(NC(=O)[C@@H]2CC[C@H](CN)O2)c2nccn2C)c1. The van der Waals surface area contributed by atoms with Gasteiger partial charge in [-0.2, -0.15) is 0 Å². The van der Waals surface area contributed by atoms with E-state index in [4.69, 9.17) is 19.9 Å². The van der Waals surface area contributed by atoms with Crippen molar-refractivity contribution < 1.29 is 19.0 Å². The van der Waals surface area contributed by atoms with Gasteiger partial charge in [0.2, 0.25) is 5.91 Å². The number of ether oxygens (including phenoxy) is 3. The molecule has 0 radical (unpaired) electrons. The fourth-order valence-electron chi connectivity index (χ4n) is 3.26. The van der Waals surface area contributed by atoms with Crippen molar-refractivity contribution in [3.05, 3.63) is 42.0 Å². The average molecular weight is 374 g/mol. The van der Waals surface area contributed by atoms with E-state index < -0.39 is 12.1 Å². The molecule has 1 aliphatic heterocycles. The Morgan fingerprint density at radius 1 is 1.33 bits per heavy atom. The molecule has 0 saturated carbocycles. The molecule has 1 unspecified atom stereocenters. The molecule has 0 aliphatic carbocycles. The van der Waals surface area contributed by atoms with E-state index in [1.807, 2.05) is 29.9 Å². The number of hydrogen-bond acceptors (Lipinski definition) is 6. The maximum absolute atomic E-state index is 12.8. The fraction of sp³-hybridized carbons (Fsp3) is 0.474. The van der Waals surface area contributed by atoms with Crippen LogP contribution in [0.5, 0.6) is 11.5 Å². The minimum absolute atomic E-state index is 0.0655. The Labute approximate surface area is 158 Å². The number of nitrogens with one attached hydrogen (secondary N) is 1. The number of rotatable bonds is 7. The summed E-state index contributed by atoms with van der Waals surface area (Å²) in [4.78, 5) is 17.2. The van der Waals surface area contributed by atoms with Crippen LogP contribution in [0.1, 0.15) is 30.3 Å². The predicted octanol–water partition coefficient (Wildman–Crippen LogP) is 1.15. The van der Waals surface area contributed by atoms with E-state index in [1.54, 1.807) is 26.5 Å². The topological polar surface area (TPSA) is 101 Å². The summed E-state index contributed by atoms with van der Waals surface area (Å²) < 4.78 is 18.3. The molecule has 1 fully saturated rings. The maximum atomic E-state index is 12.8. The van der Waals surface area contributed by atoms with E-state index in [2.05, 4.69) is 10.3 Å². The molecule has 1 aliphatic rings. The summed E-state index contributed by atoms with van der Waals surface area (Å²) in [7, 11) is 5.06. The van der Waals surface area contributed by atoms with Crippen LogP contribution in [-0.2, 0) is 16.6 Å². The lowest BCUT2D eigenvalue weighted by atomic mass is 10.0. The molecular formula is C19H26N4O4. The number of amides is 1. The molecule has 8 nitrogen and oxygen atoms in total. The Bertz CT molecular complexity index is 770. The minimum Gasteiger partial charge on any atom is -0.497 e. The molecular weight excluding hydrogens is 348 g/mol. The molecule has 2 aromatic rings. The first-order chi connectivity index (χ1) is 13.0. The average Bonchev–Trinajstić information content (AvgIpc) is 3.34. The summed E-state index contributed by atoms with van der Waals surface area (Å²) in [5, 5.41) is 3.07. The van der Waals surface area contributed by atoms with Crippen LogP contribution in [0, 0.1) is 0 Å². The van der Waals surface area contributed by atoms with Crippen molar-refractivity contribution >= 4 is 5.91 Å². The summed E-state index contributed by atoms with van der Waals surface area (Å²) in [5.74, 6) is 1.80. The molecule has 1 aromatic heterocycles. The second-order valence-electron chi connectivity index (χ2n) is 6.54. The van der Waals surface area contributed by atoms with E-state index in [0.29, 0.717) is 30.3 Å². The largest absolute Gasteiger partial charge is 0.497 e. The second kappa shape index (κ2) is 8.41. The first-order valence-electron chi connectivity index (χ1n) is 8.91. The number of carbonyl (C=O) groups excluding carboxylic acids is 1. The number of aromatic nitrogens is 2. The Kier molecular flexibility index (Phi) is 5.98. The molecule has 3 rings (SSSR count). The van der Waals surface area contributed by atoms with Gasteiger partial charge in [0.25, 0.3) is 0 Å². The standard InChI is InChI=1S/C19H26N4O4/c1-23-7-6-21-18(23)17(12-8-14(25-2)10-15(9-12)26-3)22-19(24)16-5-4-13(11-20)27-16/h6-10,13,16-17H,4-5,11,20H2,1-3H3,(H,22,24)/t13-,16+,17?/m1/s1. The maximum Gasteiger partial charge on any atom is 0.249 e. The van der Waals surface area contributed by atoms with E-state index in [-0.39, 0.29) is 12.0 Å². The third kappa shape index (κ3) is 4.23. The van der Waals surface area contributed by atoms with Gasteiger partial charge in [-0.25, -0.2) is 4.98 Å². The predicted molar refractivity (Wildman–Crippen MR) is 99.7 cm³/mol. The molecule has 3 atom stereocenters. The normalized spacial score (nSPS) is 20.3. The monoisotopic (exact) mass is 374 g/mol. The quantitative estimate of drug-likeness (QED) is 0.754. The molecule has 0 spiro atoms. The van der Waals surface area contributed by atoms with Gasteiger partial charge in [0.05, 0.1) is 20.3 Å². The number of aryl methyl sites for hydroxylation is 1. The van der Waals surface area contributed by atoms with Crippen LogP contribution in [-0.4, -0.2) is 48.4 Å². The molecule has 1 aromatic carbocycles. The number of benzene rings is 1. The highest BCUT2D eigenvalue weighted by molar-refractivity contribution is 5.81. The van der Waals surface area contributed by atoms with Crippen molar-refractivity contribution in [1.29, 1.82) is 0 Å². The Hall–Kier alpha value is -2.58. The van der Waals surface area contributed by atoms with E-state index in [1.165, 1.54) is 0 Å². The highest BCUT2D eigenvalue weighted by Gasteiger charge is 2.32. The number of imidazole rings is 1. The van der Waals surface area contributed by atoms with Crippen molar-refractivity contribution in [3.63, 3.8) is 0 Å². The van der Waals surface area contributed by atoms with Crippen LogP contribution < -0.4 is 20.5 Å². The smallest absolute Gasteiger partial charge is 0.249 e. The molecule has 3 N–H and O–H groups in total. The minimum atomic E-state index is -0.506. The van der Waals surface area contributed by atoms with Gasteiger partial charge < -0.3 is 29.8 Å². The van der Waals surface area contributed by atoms with Gasteiger partial charge in [-0.1, -0.05) is 0 Å². The number of methoxy groups -OCH3 is 2. The van der Waals surface area contributed by atoms with Crippen LogP contribution in [0.4, 0.5) is 0 Å². The summed E-state index contributed by atoms with van der Waals surface area (Å²) in [6.07, 6.45) is 4.40. The van der Waals surface area contributed by atoms with Crippen LogP contribution in [0.15, 0.2) is 30.6 Å². The molecule has 8 heteroatoms. The molecule has 146 valence electrons. The number of nitrogens with two attached hydrogens (primary N) is 1. The molecule has 0 bridgehead atoms. The zero-order valence-electron chi connectivity index (χ0n) is 15.8. The lowest BCUT2D eigenvalue weighted by Crippen LogP contribution is -2.39. The van der Waals surface area contributed by atoms with Crippen molar-refractivity contribution in [3.8, 4) is 11.5 Å². The van der Waals surface area contributed by atoms with Gasteiger partial charge in [0.15, 0.2) is 0 Å². The van der Waals surface area contributed by atoms with E-state index in [0.717, 1.165) is 12.0 Å². The lowest BCUT2D eigenvalue weighted by Gasteiger charge is -2.22. The Morgan fingerprint density at radius 2 is 2.04 bits per heavy atom.